The number of benzene rings is 1. The SMILES string of the molecule is O=C(Nc1cccc(-n2cnnn2)c1)c1ccncc1F. The predicted molar refractivity (Wildman–Crippen MR) is 71.3 cm³/mol. The Morgan fingerprint density at radius 2 is 2.19 bits per heavy atom. The molecule has 1 aromatic carbocycles. The summed E-state index contributed by atoms with van der Waals surface area (Å²) >= 11 is 0. The number of rotatable bonds is 3. The molecule has 0 aliphatic carbocycles. The minimum atomic E-state index is -0.674. The molecule has 0 saturated carbocycles. The summed E-state index contributed by atoms with van der Waals surface area (Å²) in [7, 11) is 0. The van der Waals surface area contributed by atoms with Crippen LogP contribution in [0.4, 0.5) is 10.1 Å². The summed E-state index contributed by atoms with van der Waals surface area (Å²) in [6.45, 7) is 0. The van der Waals surface area contributed by atoms with Gasteiger partial charge in [0.15, 0.2) is 5.82 Å². The second kappa shape index (κ2) is 5.45. The van der Waals surface area contributed by atoms with E-state index in [1.807, 2.05) is 0 Å². The fourth-order valence-electron chi connectivity index (χ4n) is 1.76. The van der Waals surface area contributed by atoms with E-state index in [2.05, 4.69) is 25.8 Å². The van der Waals surface area contributed by atoms with Gasteiger partial charge in [0.1, 0.15) is 6.33 Å². The van der Waals surface area contributed by atoms with Gasteiger partial charge < -0.3 is 5.32 Å². The topological polar surface area (TPSA) is 85.6 Å². The van der Waals surface area contributed by atoms with Crippen LogP contribution in [0.2, 0.25) is 0 Å². The summed E-state index contributed by atoms with van der Waals surface area (Å²) in [6.07, 6.45) is 3.78. The normalized spacial score (nSPS) is 10.3. The molecule has 0 saturated heterocycles. The summed E-state index contributed by atoms with van der Waals surface area (Å²) in [5.74, 6) is -1.23. The first-order valence-electron chi connectivity index (χ1n) is 5.98. The van der Waals surface area contributed by atoms with E-state index in [4.69, 9.17) is 0 Å². The number of amides is 1. The fraction of sp³-hybridized carbons (Fsp3) is 0. The number of nitrogens with zero attached hydrogens (tertiary/aromatic N) is 5. The van der Waals surface area contributed by atoms with Crippen LogP contribution in [0.3, 0.4) is 0 Å². The number of carbonyl (C=O) groups excluding carboxylic acids is 1. The number of anilines is 1. The molecule has 2 heterocycles. The Kier molecular flexibility index (Phi) is 3.34. The van der Waals surface area contributed by atoms with Gasteiger partial charge >= 0.3 is 0 Å². The van der Waals surface area contributed by atoms with Crippen molar-refractivity contribution in [3.63, 3.8) is 0 Å². The van der Waals surface area contributed by atoms with Crippen molar-refractivity contribution in [2.24, 2.45) is 0 Å². The Morgan fingerprint density at radius 3 is 2.95 bits per heavy atom. The van der Waals surface area contributed by atoms with Crippen LogP contribution in [0.15, 0.2) is 49.1 Å². The van der Waals surface area contributed by atoms with Gasteiger partial charge in [0.2, 0.25) is 0 Å². The highest BCUT2D eigenvalue weighted by atomic mass is 19.1. The molecular weight excluding hydrogens is 275 g/mol. The molecule has 3 aromatic rings. The first-order chi connectivity index (χ1) is 10.2. The van der Waals surface area contributed by atoms with Crippen LogP contribution in [0.1, 0.15) is 10.4 Å². The van der Waals surface area contributed by atoms with Crippen molar-refractivity contribution in [1.82, 2.24) is 25.2 Å². The number of pyridine rings is 1. The Labute approximate surface area is 118 Å². The van der Waals surface area contributed by atoms with Gasteiger partial charge in [0.05, 0.1) is 17.4 Å². The Hall–Kier alpha value is -3.16. The maximum atomic E-state index is 13.5. The lowest BCUT2D eigenvalue weighted by molar-refractivity contribution is 0.102. The standard InChI is InChI=1S/C13H9FN6O/c14-12-7-15-5-4-11(12)13(21)17-9-2-1-3-10(6-9)20-8-16-18-19-20/h1-8H,(H,17,21). The van der Waals surface area contributed by atoms with Gasteiger partial charge in [-0.2, -0.15) is 0 Å². The van der Waals surface area contributed by atoms with Crippen molar-refractivity contribution in [3.05, 3.63) is 60.4 Å². The molecule has 0 fully saturated rings. The number of hydrogen-bond acceptors (Lipinski definition) is 5. The number of carbonyl (C=O) groups is 1. The van der Waals surface area contributed by atoms with Crippen LogP contribution >= 0.6 is 0 Å². The molecule has 104 valence electrons. The van der Waals surface area contributed by atoms with Gasteiger partial charge in [-0.3, -0.25) is 9.78 Å². The van der Waals surface area contributed by atoms with Crippen molar-refractivity contribution in [3.8, 4) is 5.69 Å². The molecule has 0 aliphatic heterocycles. The summed E-state index contributed by atoms with van der Waals surface area (Å²) in [5.41, 5.74) is 1.11. The van der Waals surface area contributed by atoms with E-state index < -0.39 is 11.7 Å². The third-order valence-electron chi connectivity index (χ3n) is 2.73. The van der Waals surface area contributed by atoms with Crippen LogP contribution in [-0.4, -0.2) is 31.1 Å². The van der Waals surface area contributed by atoms with Gasteiger partial charge in [-0.1, -0.05) is 6.07 Å². The first-order valence-corrected chi connectivity index (χ1v) is 5.98. The van der Waals surface area contributed by atoms with Gasteiger partial charge in [0, 0.05) is 11.9 Å². The molecule has 0 unspecified atom stereocenters. The lowest BCUT2D eigenvalue weighted by Crippen LogP contribution is -2.14. The second-order valence-electron chi connectivity index (χ2n) is 4.11. The fourth-order valence-corrected chi connectivity index (χ4v) is 1.76. The predicted octanol–water partition coefficient (Wildman–Crippen LogP) is 1.45. The Balaban J connectivity index is 1.84. The summed E-state index contributed by atoms with van der Waals surface area (Å²) in [6, 6.07) is 8.18. The molecule has 21 heavy (non-hydrogen) atoms. The van der Waals surface area contributed by atoms with Gasteiger partial charge in [-0.25, -0.2) is 9.07 Å². The van der Waals surface area contributed by atoms with Crippen LogP contribution in [0.25, 0.3) is 5.69 Å². The minimum Gasteiger partial charge on any atom is -0.322 e. The number of tetrazole rings is 1. The molecule has 2 aromatic heterocycles. The zero-order valence-corrected chi connectivity index (χ0v) is 10.6. The zero-order valence-electron chi connectivity index (χ0n) is 10.6. The largest absolute Gasteiger partial charge is 0.322 e. The van der Waals surface area contributed by atoms with Gasteiger partial charge in [-0.15, -0.1) is 5.10 Å². The number of halogens is 1. The molecule has 0 bridgehead atoms. The lowest BCUT2D eigenvalue weighted by Gasteiger charge is -2.07. The molecule has 0 spiro atoms. The first kappa shape index (κ1) is 12.9. The Morgan fingerprint density at radius 1 is 1.29 bits per heavy atom. The molecule has 1 N–H and O–H groups in total. The quantitative estimate of drug-likeness (QED) is 0.786. The van der Waals surface area contributed by atoms with E-state index in [1.54, 1.807) is 24.3 Å². The minimum absolute atomic E-state index is 0.0715. The van der Waals surface area contributed by atoms with Crippen molar-refractivity contribution < 1.29 is 9.18 Å². The third-order valence-corrected chi connectivity index (χ3v) is 2.73. The monoisotopic (exact) mass is 284 g/mol. The van der Waals surface area contributed by atoms with Crippen LogP contribution in [0, 0.1) is 5.82 Å². The summed E-state index contributed by atoms with van der Waals surface area (Å²) in [5, 5.41) is 13.4. The van der Waals surface area contributed by atoms with Gasteiger partial charge in [-0.05, 0) is 34.7 Å². The molecule has 0 aliphatic rings. The van der Waals surface area contributed by atoms with Crippen molar-refractivity contribution in [2.75, 3.05) is 5.32 Å². The summed E-state index contributed by atoms with van der Waals surface area (Å²) < 4.78 is 14.9. The van der Waals surface area contributed by atoms with E-state index in [1.165, 1.54) is 23.3 Å². The smallest absolute Gasteiger partial charge is 0.258 e. The van der Waals surface area contributed by atoms with Crippen LogP contribution < -0.4 is 5.32 Å². The number of hydrogen-bond donors (Lipinski definition) is 1. The van der Waals surface area contributed by atoms with Crippen molar-refractivity contribution in [2.45, 2.75) is 0 Å². The molecule has 3 rings (SSSR count). The van der Waals surface area contributed by atoms with E-state index in [0.29, 0.717) is 11.4 Å². The maximum absolute atomic E-state index is 13.5. The number of aromatic nitrogens is 5. The van der Waals surface area contributed by atoms with Gasteiger partial charge in [0.25, 0.3) is 5.91 Å². The molecular formula is C13H9FN6O. The molecule has 7 nitrogen and oxygen atoms in total. The maximum Gasteiger partial charge on any atom is 0.258 e. The van der Waals surface area contributed by atoms with Crippen LogP contribution in [0.5, 0.6) is 0 Å². The highest BCUT2D eigenvalue weighted by Crippen LogP contribution is 2.15. The molecule has 0 atom stereocenters. The highest BCUT2D eigenvalue weighted by Gasteiger charge is 2.11. The van der Waals surface area contributed by atoms with E-state index >= 15 is 0 Å². The summed E-state index contributed by atoms with van der Waals surface area (Å²) in [4.78, 5) is 15.6. The van der Waals surface area contributed by atoms with Crippen LogP contribution in [-0.2, 0) is 0 Å². The van der Waals surface area contributed by atoms with Crippen molar-refractivity contribution >= 4 is 11.6 Å². The lowest BCUT2D eigenvalue weighted by atomic mass is 10.2. The second-order valence-corrected chi connectivity index (χ2v) is 4.11. The molecule has 1 amide bonds. The van der Waals surface area contributed by atoms with E-state index in [0.717, 1.165) is 6.20 Å². The highest BCUT2D eigenvalue weighted by molar-refractivity contribution is 6.04. The Bertz CT molecular complexity index is 774. The zero-order chi connectivity index (χ0) is 14.7. The van der Waals surface area contributed by atoms with E-state index in [9.17, 15) is 9.18 Å². The van der Waals surface area contributed by atoms with E-state index in [-0.39, 0.29) is 5.56 Å². The van der Waals surface area contributed by atoms with Crippen molar-refractivity contribution in [1.29, 1.82) is 0 Å². The molecule has 8 heteroatoms. The molecule has 0 radical (unpaired) electrons. The third kappa shape index (κ3) is 2.73. The average Bonchev–Trinajstić information content (AvgIpc) is 3.02. The number of nitrogens with one attached hydrogen (secondary N) is 1. The average molecular weight is 284 g/mol.